The molecule has 0 aliphatic rings. The summed E-state index contributed by atoms with van der Waals surface area (Å²) in [5.74, 6) is 0.955. The van der Waals surface area contributed by atoms with Crippen molar-refractivity contribution in [3.8, 4) is 33.3 Å². The van der Waals surface area contributed by atoms with Crippen LogP contribution in [0.1, 0.15) is 21.5 Å². The van der Waals surface area contributed by atoms with Crippen molar-refractivity contribution in [1.82, 2.24) is 10.3 Å². The van der Waals surface area contributed by atoms with Crippen LogP contribution in [0.5, 0.6) is 11.5 Å². The Labute approximate surface area is 206 Å². The zero-order valence-corrected chi connectivity index (χ0v) is 20.2. The molecule has 0 radical (unpaired) electrons. The molecule has 4 rings (SSSR count). The summed E-state index contributed by atoms with van der Waals surface area (Å²) >= 11 is 1.54. The van der Waals surface area contributed by atoms with Gasteiger partial charge >= 0.3 is 0 Å². The van der Waals surface area contributed by atoms with E-state index < -0.39 is 4.92 Å². The number of nitro groups is 1. The summed E-state index contributed by atoms with van der Waals surface area (Å²) in [4.78, 5) is 28.0. The van der Waals surface area contributed by atoms with Crippen molar-refractivity contribution < 1.29 is 19.2 Å². The van der Waals surface area contributed by atoms with Gasteiger partial charge in [-0.15, -0.1) is 11.3 Å². The first-order valence-electron chi connectivity index (χ1n) is 10.7. The first-order chi connectivity index (χ1) is 16.9. The Morgan fingerprint density at radius 2 is 1.74 bits per heavy atom. The van der Waals surface area contributed by atoms with Gasteiger partial charge in [0, 0.05) is 40.2 Å². The van der Waals surface area contributed by atoms with Crippen molar-refractivity contribution in [2.24, 2.45) is 0 Å². The molecule has 8 nitrogen and oxygen atoms in total. The maximum absolute atomic E-state index is 12.6. The summed E-state index contributed by atoms with van der Waals surface area (Å²) in [5, 5.41) is 16.8. The summed E-state index contributed by atoms with van der Waals surface area (Å²) in [7, 11) is 3.20. The number of rotatable bonds is 8. The quantitative estimate of drug-likeness (QED) is 0.254. The topological polar surface area (TPSA) is 104 Å². The van der Waals surface area contributed by atoms with Crippen LogP contribution in [0.15, 0.2) is 66.0 Å². The van der Waals surface area contributed by atoms with Gasteiger partial charge in [-0.3, -0.25) is 14.9 Å². The number of amides is 1. The number of ether oxygens (including phenoxy) is 2. The van der Waals surface area contributed by atoms with Crippen molar-refractivity contribution in [2.45, 2.75) is 13.5 Å². The highest BCUT2D eigenvalue weighted by molar-refractivity contribution is 7.13. The molecule has 1 aromatic heterocycles. The van der Waals surface area contributed by atoms with E-state index >= 15 is 0 Å². The van der Waals surface area contributed by atoms with Crippen LogP contribution in [0, 0.1) is 17.0 Å². The highest BCUT2D eigenvalue weighted by Gasteiger charge is 2.17. The van der Waals surface area contributed by atoms with Gasteiger partial charge in [-0.1, -0.05) is 30.3 Å². The summed E-state index contributed by atoms with van der Waals surface area (Å²) < 4.78 is 10.7. The van der Waals surface area contributed by atoms with Gasteiger partial charge in [0.25, 0.3) is 11.6 Å². The number of carbonyl (C=O) groups excluding carboxylic acids is 1. The molecule has 0 fully saturated rings. The van der Waals surface area contributed by atoms with Gasteiger partial charge in [0.1, 0.15) is 5.01 Å². The lowest BCUT2D eigenvalue weighted by Gasteiger charge is -2.09. The Bertz CT molecular complexity index is 1380. The standard InChI is InChI=1S/C26H23N3O5S/c1-16-20(5-4-6-22(16)29(31)32)25(30)27-14-17-7-9-18(10-8-17)26-28-21(15-35-26)19-11-12-23(33-2)24(13-19)34-3/h4-13,15H,14H2,1-3H3,(H,27,30). The fourth-order valence-electron chi connectivity index (χ4n) is 3.64. The largest absolute Gasteiger partial charge is 0.493 e. The molecule has 9 heteroatoms. The van der Waals surface area contributed by atoms with E-state index in [1.807, 2.05) is 47.8 Å². The van der Waals surface area contributed by atoms with Crippen molar-refractivity contribution in [2.75, 3.05) is 14.2 Å². The number of methoxy groups -OCH3 is 2. The third-order valence-corrected chi connectivity index (χ3v) is 6.48. The van der Waals surface area contributed by atoms with Crippen LogP contribution in [0.2, 0.25) is 0 Å². The third kappa shape index (κ3) is 5.15. The van der Waals surface area contributed by atoms with Gasteiger partial charge in [-0.25, -0.2) is 4.98 Å². The fraction of sp³-hybridized carbons (Fsp3) is 0.154. The summed E-state index contributed by atoms with van der Waals surface area (Å²) in [6.07, 6.45) is 0. The molecule has 0 aliphatic heterocycles. The molecule has 1 N–H and O–H groups in total. The van der Waals surface area contributed by atoms with Gasteiger partial charge in [0.2, 0.25) is 0 Å². The van der Waals surface area contributed by atoms with Gasteiger partial charge in [0.05, 0.1) is 24.8 Å². The number of aromatic nitrogens is 1. The zero-order chi connectivity index (χ0) is 24.9. The molecule has 4 aromatic rings. The van der Waals surface area contributed by atoms with Crippen LogP contribution < -0.4 is 14.8 Å². The number of nitrogens with one attached hydrogen (secondary N) is 1. The van der Waals surface area contributed by atoms with Gasteiger partial charge in [-0.05, 0) is 36.8 Å². The number of carbonyl (C=O) groups is 1. The van der Waals surface area contributed by atoms with Crippen molar-refractivity contribution in [3.05, 3.63) is 92.8 Å². The lowest BCUT2D eigenvalue weighted by atomic mass is 10.1. The van der Waals surface area contributed by atoms with Crippen molar-refractivity contribution in [1.29, 1.82) is 0 Å². The number of hydrogen-bond donors (Lipinski definition) is 1. The average molecular weight is 490 g/mol. The molecule has 0 saturated carbocycles. The van der Waals surface area contributed by atoms with Crippen molar-refractivity contribution >= 4 is 22.9 Å². The molecule has 1 amide bonds. The number of nitro benzene ring substituents is 1. The SMILES string of the molecule is COc1ccc(-c2csc(-c3ccc(CNC(=O)c4cccc([N+](=O)[O-])c4C)cc3)n2)cc1OC. The molecule has 0 spiro atoms. The molecule has 0 saturated heterocycles. The molecular formula is C26H23N3O5S. The molecule has 35 heavy (non-hydrogen) atoms. The predicted molar refractivity (Wildman–Crippen MR) is 135 cm³/mol. The molecule has 1 heterocycles. The molecule has 0 bridgehead atoms. The molecule has 0 aliphatic carbocycles. The normalized spacial score (nSPS) is 10.6. The lowest BCUT2D eigenvalue weighted by Crippen LogP contribution is -2.23. The first kappa shape index (κ1) is 23.9. The third-order valence-electron chi connectivity index (χ3n) is 5.58. The Morgan fingerprint density at radius 1 is 1.03 bits per heavy atom. The van der Waals surface area contributed by atoms with E-state index in [4.69, 9.17) is 14.5 Å². The molecule has 178 valence electrons. The smallest absolute Gasteiger partial charge is 0.273 e. The zero-order valence-electron chi connectivity index (χ0n) is 19.4. The van der Waals surface area contributed by atoms with E-state index in [1.165, 1.54) is 23.5 Å². The van der Waals surface area contributed by atoms with E-state index in [1.54, 1.807) is 27.2 Å². The number of nitrogens with zero attached hydrogens (tertiary/aromatic N) is 2. The molecule has 0 unspecified atom stereocenters. The maximum atomic E-state index is 12.6. The molecule has 0 atom stereocenters. The van der Waals surface area contributed by atoms with Crippen LogP contribution in [0.25, 0.3) is 21.8 Å². The van der Waals surface area contributed by atoms with Crippen LogP contribution >= 0.6 is 11.3 Å². The lowest BCUT2D eigenvalue weighted by molar-refractivity contribution is -0.385. The monoisotopic (exact) mass is 489 g/mol. The number of thiazole rings is 1. The highest BCUT2D eigenvalue weighted by Crippen LogP contribution is 2.34. The van der Waals surface area contributed by atoms with Gasteiger partial charge < -0.3 is 14.8 Å². The van der Waals surface area contributed by atoms with Gasteiger partial charge in [0.15, 0.2) is 11.5 Å². The Hall–Kier alpha value is -4.24. The van der Waals surface area contributed by atoms with Crippen LogP contribution in [-0.2, 0) is 6.54 Å². The minimum absolute atomic E-state index is 0.0714. The first-order valence-corrected chi connectivity index (χ1v) is 11.6. The van der Waals surface area contributed by atoms with Crippen LogP contribution in [0.3, 0.4) is 0 Å². The summed E-state index contributed by atoms with van der Waals surface area (Å²) in [6, 6.07) is 17.9. The highest BCUT2D eigenvalue weighted by atomic mass is 32.1. The van der Waals surface area contributed by atoms with Crippen LogP contribution in [0.4, 0.5) is 5.69 Å². The number of benzene rings is 3. The van der Waals surface area contributed by atoms with Crippen LogP contribution in [-0.4, -0.2) is 30.0 Å². The Kier molecular flexibility index (Phi) is 7.07. The molecule has 3 aromatic carbocycles. The summed E-state index contributed by atoms with van der Waals surface area (Å²) in [5.41, 5.74) is 4.21. The fourth-order valence-corrected chi connectivity index (χ4v) is 4.48. The second-order valence-electron chi connectivity index (χ2n) is 7.69. The van der Waals surface area contributed by atoms with E-state index in [2.05, 4.69) is 5.32 Å². The molecular weight excluding hydrogens is 466 g/mol. The number of hydrogen-bond acceptors (Lipinski definition) is 7. The van der Waals surface area contributed by atoms with Gasteiger partial charge in [-0.2, -0.15) is 0 Å². The summed E-state index contributed by atoms with van der Waals surface area (Å²) in [6.45, 7) is 1.88. The second-order valence-corrected chi connectivity index (χ2v) is 8.55. The van der Waals surface area contributed by atoms with E-state index in [0.29, 0.717) is 29.2 Å². The predicted octanol–water partition coefficient (Wildman–Crippen LogP) is 5.64. The average Bonchev–Trinajstić information content (AvgIpc) is 3.37. The van der Waals surface area contributed by atoms with E-state index in [0.717, 1.165) is 27.4 Å². The van der Waals surface area contributed by atoms with E-state index in [9.17, 15) is 14.9 Å². The van der Waals surface area contributed by atoms with E-state index in [-0.39, 0.29) is 11.6 Å². The Balaban J connectivity index is 1.44. The minimum Gasteiger partial charge on any atom is -0.493 e. The minimum atomic E-state index is -0.486. The maximum Gasteiger partial charge on any atom is 0.273 e. The Morgan fingerprint density at radius 3 is 2.43 bits per heavy atom. The van der Waals surface area contributed by atoms with Crippen molar-refractivity contribution in [3.63, 3.8) is 0 Å². The second kappa shape index (κ2) is 10.4.